The molecule has 0 radical (unpaired) electrons. The lowest BCUT2D eigenvalue weighted by Gasteiger charge is -2.64. The molecule has 2 nitrogen and oxygen atoms in total. The number of hydrogen-bond donors (Lipinski definition) is 1. The molecule has 4 aliphatic carbocycles. The lowest BCUT2D eigenvalue weighted by Crippen LogP contribution is -2.62. The standard InChI is InChI=1S/C22H30BrClO2/c1-13-10-14-11-15(25)6-8-20(14,2)16-7-9-21(3)17(19(13)16)4-5-18(24)22(21,26)12-23/h5,11,13,16-17,19,26H,4,6-10,12H2,1-3H3/t13-,16+,17+,19-,20+,21+,22?/m1/s1. The number of halogens is 2. The number of fused-ring (bicyclic) bond motifs is 5. The topological polar surface area (TPSA) is 37.3 Å². The van der Waals surface area contributed by atoms with Gasteiger partial charge in [0, 0.05) is 22.2 Å². The summed E-state index contributed by atoms with van der Waals surface area (Å²) in [7, 11) is 0. The number of alkyl halides is 1. The van der Waals surface area contributed by atoms with Crippen LogP contribution in [0.1, 0.15) is 59.3 Å². The van der Waals surface area contributed by atoms with Gasteiger partial charge in [-0.3, -0.25) is 4.79 Å². The van der Waals surface area contributed by atoms with Crippen LogP contribution in [0.2, 0.25) is 0 Å². The zero-order valence-corrected chi connectivity index (χ0v) is 18.4. The number of ketones is 1. The molecule has 4 aliphatic rings. The average Bonchev–Trinajstić information content (AvgIpc) is 2.60. The molecule has 0 aromatic carbocycles. The Morgan fingerprint density at radius 1 is 1.31 bits per heavy atom. The Labute approximate surface area is 170 Å². The van der Waals surface area contributed by atoms with Crippen LogP contribution in [0.3, 0.4) is 0 Å². The summed E-state index contributed by atoms with van der Waals surface area (Å²) in [6.45, 7) is 7.02. The van der Waals surface area contributed by atoms with Crippen molar-refractivity contribution in [3.05, 3.63) is 22.8 Å². The molecular formula is C22H30BrClO2. The third-order valence-corrected chi connectivity index (χ3v) is 10.1. The van der Waals surface area contributed by atoms with E-state index in [1.807, 2.05) is 6.08 Å². The maximum atomic E-state index is 12.0. The molecule has 0 spiro atoms. The van der Waals surface area contributed by atoms with Gasteiger partial charge in [-0.2, -0.15) is 0 Å². The maximum Gasteiger partial charge on any atom is 0.155 e. The molecule has 4 heteroatoms. The van der Waals surface area contributed by atoms with Gasteiger partial charge in [0.1, 0.15) is 5.60 Å². The van der Waals surface area contributed by atoms with E-state index in [4.69, 9.17) is 11.6 Å². The van der Waals surface area contributed by atoms with Crippen molar-refractivity contribution in [2.75, 3.05) is 5.33 Å². The van der Waals surface area contributed by atoms with Gasteiger partial charge in [0.2, 0.25) is 0 Å². The van der Waals surface area contributed by atoms with Crippen molar-refractivity contribution in [3.8, 4) is 0 Å². The molecule has 0 amide bonds. The number of aliphatic hydroxyl groups is 1. The Morgan fingerprint density at radius 3 is 2.73 bits per heavy atom. The van der Waals surface area contributed by atoms with Gasteiger partial charge in [0.15, 0.2) is 5.78 Å². The molecule has 0 heterocycles. The van der Waals surface area contributed by atoms with Crippen LogP contribution in [0.5, 0.6) is 0 Å². The predicted octanol–water partition coefficient (Wildman–Crippen LogP) is 5.62. The van der Waals surface area contributed by atoms with E-state index >= 15 is 0 Å². The van der Waals surface area contributed by atoms with E-state index in [2.05, 4.69) is 42.8 Å². The summed E-state index contributed by atoms with van der Waals surface area (Å²) < 4.78 is 0. The highest BCUT2D eigenvalue weighted by Gasteiger charge is 2.63. The molecule has 2 fully saturated rings. The highest BCUT2D eigenvalue weighted by Crippen LogP contribution is 2.67. The van der Waals surface area contributed by atoms with E-state index in [-0.39, 0.29) is 10.8 Å². The Morgan fingerprint density at radius 2 is 2.04 bits per heavy atom. The second-order valence-corrected chi connectivity index (χ2v) is 10.7. The summed E-state index contributed by atoms with van der Waals surface area (Å²) >= 11 is 10.1. The average molecular weight is 442 g/mol. The van der Waals surface area contributed by atoms with E-state index in [0.29, 0.717) is 46.2 Å². The van der Waals surface area contributed by atoms with Crippen molar-refractivity contribution in [2.24, 2.45) is 34.5 Å². The van der Waals surface area contributed by atoms with Gasteiger partial charge in [0.05, 0.1) is 0 Å². The smallest absolute Gasteiger partial charge is 0.155 e. The summed E-state index contributed by atoms with van der Waals surface area (Å²) in [5.74, 6) is 2.48. The van der Waals surface area contributed by atoms with Gasteiger partial charge < -0.3 is 5.11 Å². The minimum atomic E-state index is -0.971. The molecule has 1 N–H and O–H groups in total. The van der Waals surface area contributed by atoms with E-state index < -0.39 is 5.60 Å². The summed E-state index contributed by atoms with van der Waals surface area (Å²) in [6.07, 6.45) is 9.83. The van der Waals surface area contributed by atoms with Crippen LogP contribution in [0.15, 0.2) is 22.8 Å². The molecule has 0 aromatic rings. The number of carbonyl (C=O) groups is 1. The normalized spacial score (nSPS) is 50.9. The Balaban J connectivity index is 1.78. The van der Waals surface area contributed by atoms with E-state index in [0.717, 1.165) is 32.1 Å². The summed E-state index contributed by atoms with van der Waals surface area (Å²) in [4.78, 5) is 12.0. The highest BCUT2D eigenvalue weighted by atomic mass is 79.9. The molecule has 26 heavy (non-hydrogen) atoms. The van der Waals surface area contributed by atoms with Crippen LogP contribution < -0.4 is 0 Å². The van der Waals surface area contributed by atoms with Crippen molar-refractivity contribution in [1.82, 2.24) is 0 Å². The number of rotatable bonds is 1. The predicted molar refractivity (Wildman–Crippen MR) is 109 cm³/mol. The molecule has 0 bridgehead atoms. The van der Waals surface area contributed by atoms with Gasteiger partial charge in [0.25, 0.3) is 0 Å². The van der Waals surface area contributed by atoms with Crippen LogP contribution in [-0.2, 0) is 4.79 Å². The van der Waals surface area contributed by atoms with E-state index in [9.17, 15) is 9.90 Å². The molecule has 4 rings (SSSR count). The first-order valence-electron chi connectivity index (χ1n) is 10.1. The van der Waals surface area contributed by atoms with Gasteiger partial charge in [-0.1, -0.05) is 60.0 Å². The third-order valence-electron chi connectivity index (χ3n) is 8.78. The van der Waals surface area contributed by atoms with Crippen LogP contribution in [0, 0.1) is 34.5 Å². The van der Waals surface area contributed by atoms with E-state index in [1.54, 1.807) is 0 Å². The van der Waals surface area contributed by atoms with Crippen molar-refractivity contribution in [2.45, 2.75) is 64.9 Å². The van der Waals surface area contributed by atoms with Crippen molar-refractivity contribution >= 4 is 33.3 Å². The number of carbonyl (C=O) groups excluding carboxylic acids is 1. The first-order chi connectivity index (χ1) is 12.2. The summed E-state index contributed by atoms with van der Waals surface area (Å²) in [5.41, 5.74) is 0.386. The second kappa shape index (κ2) is 6.19. The lowest BCUT2D eigenvalue weighted by atomic mass is 9.41. The van der Waals surface area contributed by atoms with Crippen molar-refractivity contribution in [1.29, 1.82) is 0 Å². The molecule has 2 saturated carbocycles. The molecule has 144 valence electrons. The largest absolute Gasteiger partial charge is 0.383 e. The fraction of sp³-hybridized carbons (Fsp3) is 0.773. The van der Waals surface area contributed by atoms with Gasteiger partial charge in [-0.05, 0) is 67.3 Å². The van der Waals surface area contributed by atoms with Gasteiger partial charge in [-0.25, -0.2) is 0 Å². The molecule has 0 aliphatic heterocycles. The summed E-state index contributed by atoms with van der Waals surface area (Å²) in [5, 5.41) is 12.6. The third kappa shape index (κ3) is 2.35. The van der Waals surface area contributed by atoms with Crippen molar-refractivity contribution in [3.63, 3.8) is 0 Å². The molecule has 0 saturated heterocycles. The number of hydrogen-bond acceptors (Lipinski definition) is 2. The lowest BCUT2D eigenvalue weighted by molar-refractivity contribution is -0.152. The van der Waals surface area contributed by atoms with Gasteiger partial charge >= 0.3 is 0 Å². The fourth-order valence-electron chi connectivity index (χ4n) is 7.07. The Hall–Kier alpha value is -0.120. The van der Waals surface area contributed by atoms with Crippen LogP contribution in [0.25, 0.3) is 0 Å². The fourth-order valence-corrected chi connectivity index (χ4v) is 8.54. The van der Waals surface area contributed by atoms with Gasteiger partial charge in [-0.15, -0.1) is 0 Å². The molecular weight excluding hydrogens is 412 g/mol. The SMILES string of the molecule is C[C@@H]1CC2=CC(=O)CC[C@]2(C)[C@H]2CC[C@@]3(C)[C@@H](CC=C(Cl)C3(O)CBr)[C@H]12. The Bertz CT molecular complexity index is 700. The molecule has 7 atom stereocenters. The monoisotopic (exact) mass is 440 g/mol. The molecule has 1 unspecified atom stereocenters. The highest BCUT2D eigenvalue weighted by molar-refractivity contribution is 9.09. The molecule has 0 aromatic heterocycles. The minimum Gasteiger partial charge on any atom is -0.383 e. The zero-order chi connectivity index (χ0) is 18.9. The number of allylic oxidation sites excluding steroid dienone is 3. The zero-order valence-electron chi connectivity index (χ0n) is 16.0. The maximum absolute atomic E-state index is 12.0. The first-order valence-corrected chi connectivity index (χ1v) is 11.6. The first kappa shape index (κ1) is 19.2. The van der Waals surface area contributed by atoms with Crippen LogP contribution >= 0.6 is 27.5 Å². The Kier molecular flexibility index (Phi) is 4.57. The van der Waals surface area contributed by atoms with Crippen LogP contribution in [-0.4, -0.2) is 21.8 Å². The van der Waals surface area contributed by atoms with E-state index in [1.165, 1.54) is 5.57 Å². The second-order valence-electron chi connectivity index (χ2n) is 9.76. The summed E-state index contributed by atoms with van der Waals surface area (Å²) in [6, 6.07) is 0. The van der Waals surface area contributed by atoms with Crippen LogP contribution in [0.4, 0.5) is 0 Å². The quantitative estimate of drug-likeness (QED) is 0.536. The van der Waals surface area contributed by atoms with Crippen molar-refractivity contribution < 1.29 is 9.90 Å². The minimum absolute atomic E-state index is 0.157.